The van der Waals surface area contributed by atoms with Gasteiger partial charge in [-0.05, 0) is 67.2 Å². The molecular formula is C29H33BrN6O3. The number of nitrogens with one attached hydrogen (secondary N) is 3. The normalized spacial score (nSPS) is 11.0. The monoisotopic (exact) mass is 592 g/mol. The molecule has 0 unspecified atom stereocenters. The molecule has 4 aromatic rings. The van der Waals surface area contributed by atoms with Gasteiger partial charge >= 0.3 is 6.03 Å². The lowest BCUT2D eigenvalue weighted by Crippen LogP contribution is -2.27. The zero-order chi connectivity index (χ0) is 27.8. The molecule has 0 fully saturated rings. The predicted molar refractivity (Wildman–Crippen MR) is 160 cm³/mol. The minimum absolute atomic E-state index is 0.0487. The third kappa shape index (κ3) is 7.36. The Balaban J connectivity index is 1.44. The Morgan fingerprint density at radius 1 is 1.00 bits per heavy atom. The number of rotatable bonds is 11. The van der Waals surface area contributed by atoms with E-state index in [0.717, 1.165) is 40.6 Å². The lowest BCUT2D eigenvalue weighted by Gasteiger charge is -2.17. The van der Waals surface area contributed by atoms with E-state index in [1.54, 1.807) is 25.4 Å². The number of fused-ring (bicyclic) bond motifs is 1. The summed E-state index contributed by atoms with van der Waals surface area (Å²) >= 11 is 3.42. The van der Waals surface area contributed by atoms with Gasteiger partial charge in [-0.3, -0.25) is 4.79 Å². The van der Waals surface area contributed by atoms with Crippen LogP contribution in [0.3, 0.4) is 0 Å². The van der Waals surface area contributed by atoms with Crippen molar-refractivity contribution in [3.05, 3.63) is 77.0 Å². The van der Waals surface area contributed by atoms with Crippen molar-refractivity contribution in [3.8, 4) is 5.75 Å². The third-order valence-corrected chi connectivity index (χ3v) is 6.96. The van der Waals surface area contributed by atoms with Crippen LogP contribution in [0.25, 0.3) is 10.9 Å². The number of carbonyl (C=O) groups excluding carboxylic acids is 2. The van der Waals surface area contributed by atoms with Crippen LogP contribution in [0.1, 0.15) is 25.8 Å². The first-order valence-electron chi connectivity index (χ1n) is 12.9. The molecule has 3 amide bonds. The van der Waals surface area contributed by atoms with Crippen molar-refractivity contribution >= 4 is 56.0 Å². The molecule has 0 bridgehead atoms. The molecule has 3 N–H and O–H groups in total. The van der Waals surface area contributed by atoms with E-state index < -0.39 is 0 Å². The summed E-state index contributed by atoms with van der Waals surface area (Å²) in [6, 6.07) is 16.6. The quantitative estimate of drug-likeness (QED) is 0.193. The van der Waals surface area contributed by atoms with Crippen molar-refractivity contribution in [2.45, 2.75) is 26.8 Å². The Kier molecular flexibility index (Phi) is 9.56. The minimum atomic E-state index is -0.373. The van der Waals surface area contributed by atoms with Crippen molar-refractivity contribution in [2.24, 2.45) is 0 Å². The Morgan fingerprint density at radius 3 is 2.56 bits per heavy atom. The van der Waals surface area contributed by atoms with E-state index in [2.05, 4.69) is 60.2 Å². The number of ether oxygens (including phenoxy) is 1. The van der Waals surface area contributed by atoms with Crippen LogP contribution in [0.5, 0.6) is 5.75 Å². The standard InChI is InChI=1S/C29H33BrN6O3/c1-4-35(5-2)15-13-28(37)34-27-17-20(11-14-31-27)19-36-16-12-22-23(7-6-8-25(22)36)32-29(38)33-24-18-21(30)9-10-26(24)39-3/h6-12,14,16-18H,4-5,13,15,19H2,1-3H3,(H,31,34,37)(H2,32,33,38). The summed E-state index contributed by atoms with van der Waals surface area (Å²) in [6.45, 7) is 7.32. The van der Waals surface area contributed by atoms with Crippen LogP contribution < -0.4 is 20.7 Å². The predicted octanol–water partition coefficient (Wildman–Crippen LogP) is 6.17. The van der Waals surface area contributed by atoms with Gasteiger partial charge in [-0.1, -0.05) is 35.8 Å². The van der Waals surface area contributed by atoms with E-state index in [-0.39, 0.29) is 11.9 Å². The molecule has 0 saturated carbocycles. The first-order valence-corrected chi connectivity index (χ1v) is 13.7. The fourth-order valence-corrected chi connectivity index (χ4v) is 4.73. The van der Waals surface area contributed by atoms with Crippen molar-refractivity contribution in [2.75, 3.05) is 42.7 Å². The van der Waals surface area contributed by atoms with Gasteiger partial charge in [0.05, 0.1) is 24.0 Å². The molecule has 9 nitrogen and oxygen atoms in total. The molecule has 0 aliphatic heterocycles. The molecule has 0 spiro atoms. The fourth-order valence-electron chi connectivity index (χ4n) is 4.37. The first kappa shape index (κ1) is 28.1. The summed E-state index contributed by atoms with van der Waals surface area (Å²) in [6.07, 6.45) is 4.11. The number of anilines is 3. The van der Waals surface area contributed by atoms with Crippen LogP contribution >= 0.6 is 15.9 Å². The maximum absolute atomic E-state index is 12.8. The summed E-state index contributed by atoms with van der Waals surface area (Å²) < 4.78 is 8.27. The second kappa shape index (κ2) is 13.3. The Morgan fingerprint density at radius 2 is 1.79 bits per heavy atom. The largest absolute Gasteiger partial charge is 0.495 e. The van der Waals surface area contributed by atoms with Crippen LogP contribution in [-0.4, -0.2) is 53.1 Å². The van der Waals surface area contributed by atoms with Crippen LogP contribution in [0.15, 0.2) is 71.5 Å². The fraction of sp³-hybridized carbons (Fsp3) is 0.276. The number of aromatic nitrogens is 2. The SMILES string of the molecule is CCN(CC)CCC(=O)Nc1cc(Cn2ccc3c(NC(=O)Nc4cc(Br)ccc4OC)cccc32)ccn1. The van der Waals surface area contributed by atoms with Gasteiger partial charge in [0.2, 0.25) is 5.91 Å². The maximum Gasteiger partial charge on any atom is 0.323 e. The van der Waals surface area contributed by atoms with Crippen LogP contribution in [0.4, 0.5) is 22.0 Å². The molecule has 10 heteroatoms. The third-order valence-electron chi connectivity index (χ3n) is 6.47. The molecule has 2 aromatic heterocycles. The number of carbonyl (C=O) groups is 2. The molecule has 0 aliphatic rings. The molecule has 0 atom stereocenters. The second-order valence-corrected chi connectivity index (χ2v) is 9.90. The van der Waals surface area contributed by atoms with Crippen molar-refractivity contribution in [3.63, 3.8) is 0 Å². The highest BCUT2D eigenvalue weighted by atomic mass is 79.9. The van der Waals surface area contributed by atoms with Gasteiger partial charge in [-0.2, -0.15) is 0 Å². The number of nitrogens with zero attached hydrogens (tertiary/aromatic N) is 3. The van der Waals surface area contributed by atoms with Gasteiger partial charge in [0.15, 0.2) is 0 Å². The number of amides is 3. The molecule has 39 heavy (non-hydrogen) atoms. The van der Waals surface area contributed by atoms with Crippen LogP contribution in [-0.2, 0) is 11.3 Å². The maximum atomic E-state index is 12.8. The zero-order valence-electron chi connectivity index (χ0n) is 22.3. The number of pyridine rings is 1. The Hall–Kier alpha value is -3.89. The molecule has 0 saturated heterocycles. The molecule has 2 aromatic carbocycles. The van der Waals surface area contributed by atoms with Gasteiger partial charge in [0.1, 0.15) is 11.6 Å². The number of urea groups is 1. The number of methoxy groups -OCH3 is 1. The lowest BCUT2D eigenvalue weighted by molar-refractivity contribution is -0.116. The summed E-state index contributed by atoms with van der Waals surface area (Å²) in [7, 11) is 1.56. The van der Waals surface area contributed by atoms with Gasteiger partial charge in [0, 0.05) is 41.8 Å². The number of benzene rings is 2. The van der Waals surface area contributed by atoms with E-state index in [1.807, 2.05) is 48.7 Å². The summed E-state index contributed by atoms with van der Waals surface area (Å²) in [5.74, 6) is 1.05. The molecule has 204 valence electrons. The zero-order valence-corrected chi connectivity index (χ0v) is 23.9. The molecule has 4 rings (SSSR count). The summed E-state index contributed by atoms with van der Waals surface area (Å²) in [5.41, 5.74) is 3.21. The lowest BCUT2D eigenvalue weighted by atomic mass is 10.2. The second-order valence-electron chi connectivity index (χ2n) is 8.98. The molecule has 2 heterocycles. The van der Waals surface area contributed by atoms with E-state index in [4.69, 9.17) is 4.74 Å². The van der Waals surface area contributed by atoms with E-state index in [0.29, 0.717) is 35.9 Å². The van der Waals surface area contributed by atoms with Crippen LogP contribution in [0, 0.1) is 0 Å². The van der Waals surface area contributed by atoms with Gasteiger partial charge in [-0.15, -0.1) is 0 Å². The number of hydrogen-bond donors (Lipinski definition) is 3. The van der Waals surface area contributed by atoms with Crippen LogP contribution in [0.2, 0.25) is 0 Å². The minimum Gasteiger partial charge on any atom is -0.495 e. The van der Waals surface area contributed by atoms with Gasteiger partial charge < -0.3 is 30.2 Å². The van der Waals surface area contributed by atoms with Gasteiger partial charge in [-0.25, -0.2) is 9.78 Å². The average molecular weight is 594 g/mol. The highest BCUT2D eigenvalue weighted by molar-refractivity contribution is 9.10. The molecule has 0 aliphatic carbocycles. The summed E-state index contributed by atoms with van der Waals surface area (Å²) in [5, 5.41) is 9.62. The Labute approximate surface area is 236 Å². The highest BCUT2D eigenvalue weighted by Gasteiger charge is 2.12. The van der Waals surface area contributed by atoms with Crippen molar-refractivity contribution in [1.82, 2.24) is 14.5 Å². The Bertz CT molecular complexity index is 1450. The topological polar surface area (TPSA) is 101 Å². The molecular weight excluding hydrogens is 560 g/mol. The summed E-state index contributed by atoms with van der Waals surface area (Å²) in [4.78, 5) is 31.7. The average Bonchev–Trinajstić information content (AvgIpc) is 3.33. The number of halogens is 1. The van der Waals surface area contributed by atoms with E-state index >= 15 is 0 Å². The first-order chi connectivity index (χ1) is 18.9. The smallest absolute Gasteiger partial charge is 0.323 e. The van der Waals surface area contributed by atoms with Crippen molar-refractivity contribution in [1.29, 1.82) is 0 Å². The van der Waals surface area contributed by atoms with Gasteiger partial charge in [0.25, 0.3) is 0 Å². The molecule has 0 radical (unpaired) electrons. The van der Waals surface area contributed by atoms with E-state index in [1.165, 1.54) is 0 Å². The van der Waals surface area contributed by atoms with Crippen molar-refractivity contribution < 1.29 is 14.3 Å². The van der Waals surface area contributed by atoms with E-state index in [9.17, 15) is 9.59 Å². The highest BCUT2D eigenvalue weighted by Crippen LogP contribution is 2.29. The number of hydrogen-bond acceptors (Lipinski definition) is 5.